The van der Waals surface area contributed by atoms with Crippen molar-refractivity contribution in [3.63, 3.8) is 0 Å². The Morgan fingerprint density at radius 2 is 1.36 bits per heavy atom. The van der Waals surface area contributed by atoms with Gasteiger partial charge in [0.1, 0.15) is 0 Å². The van der Waals surface area contributed by atoms with Crippen molar-refractivity contribution in [3.05, 3.63) is 0 Å². The number of unbranched alkanes of at least 4 members (excludes halogenated alkanes) is 8. The molecule has 25 heavy (non-hydrogen) atoms. The lowest BCUT2D eigenvalue weighted by molar-refractivity contribution is -0.141. The van der Waals surface area contributed by atoms with Crippen LogP contribution in [0, 0.1) is 5.92 Å². The molecule has 148 valence electrons. The van der Waals surface area contributed by atoms with Crippen LogP contribution in [-0.2, 0) is 14.3 Å². The van der Waals surface area contributed by atoms with Crippen LogP contribution < -0.4 is 0 Å². The van der Waals surface area contributed by atoms with E-state index in [0.717, 1.165) is 24.6 Å². The molecule has 0 aliphatic rings. The molecule has 0 rings (SSSR count). The predicted molar refractivity (Wildman–Crippen MR) is 106 cm³/mol. The number of carbonyl (C=O) groups excluding carboxylic acids is 1. The molecule has 1 unspecified atom stereocenters. The maximum atomic E-state index is 11.7. The Bertz CT molecular complexity index is 334. The van der Waals surface area contributed by atoms with Gasteiger partial charge in [-0.3, -0.25) is 9.59 Å². The van der Waals surface area contributed by atoms with Gasteiger partial charge < -0.3 is 9.84 Å². The highest BCUT2D eigenvalue weighted by atomic mass is 32.2. The molecule has 0 aliphatic heterocycles. The number of carbonyl (C=O) groups is 2. The maximum absolute atomic E-state index is 11.7. The summed E-state index contributed by atoms with van der Waals surface area (Å²) in [5, 5.41) is 8.59. The van der Waals surface area contributed by atoms with Crippen LogP contribution >= 0.6 is 11.8 Å². The van der Waals surface area contributed by atoms with Gasteiger partial charge in [0.2, 0.25) is 0 Å². The summed E-state index contributed by atoms with van der Waals surface area (Å²) in [5.74, 6) is -0.641. The second-order valence-corrected chi connectivity index (χ2v) is 7.83. The number of carboxylic acids is 1. The summed E-state index contributed by atoms with van der Waals surface area (Å²) in [6.07, 6.45) is 15.0. The fourth-order valence-corrected chi connectivity index (χ4v) is 3.38. The molecule has 0 fully saturated rings. The first-order valence-electron chi connectivity index (χ1n) is 10.0. The second kappa shape index (κ2) is 18.1. The van der Waals surface area contributed by atoms with E-state index >= 15 is 0 Å². The molecule has 0 aromatic carbocycles. The summed E-state index contributed by atoms with van der Waals surface area (Å²) in [6, 6.07) is 0. The second-order valence-electron chi connectivity index (χ2n) is 6.84. The third-order valence-electron chi connectivity index (χ3n) is 4.36. The minimum atomic E-state index is -0.894. The van der Waals surface area contributed by atoms with Crippen LogP contribution in [0.15, 0.2) is 0 Å². The van der Waals surface area contributed by atoms with Crippen molar-refractivity contribution in [1.82, 2.24) is 0 Å². The minimum Gasteiger partial charge on any atom is -0.481 e. The summed E-state index contributed by atoms with van der Waals surface area (Å²) < 4.78 is 5.39. The standard InChI is InChI=1S/C20H38O4S/c1-3-5-7-9-10-12-14-18(13-11-8-6-4-2)15-24-20(23)17-25-16-19(21)22/h18H,3-17H2,1-2H3,(H,21,22). The van der Waals surface area contributed by atoms with Gasteiger partial charge in [0, 0.05) is 0 Å². The van der Waals surface area contributed by atoms with E-state index in [2.05, 4.69) is 13.8 Å². The van der Waals surface area contributed by atoms with E-state index in [0.29, 0.717) is 12.5 Å². The van der Waals surface area contributed by atoms with Gasteiger partial charge in [0.15, 0.2) is 0 Å². The fraction of sp³-hybridized carbons (Fsp3) is 0.900. The molecule has 0 saturated carbocycles. The van der Waals surface area contributed by atoms with Crippen LogP contribution in [0.1, 0.15) is 90.9 Å². The molecule has 0 heterocycles. The zero-order valence-electron chi connectivity index (χ0n) is 16.3. The molecule has 5 heteroatoms. The zero-order chi connectivity index (χ0) is 18.8. The molecule has 4 nitrogen and oxygen atoms in total. The van der Waals surface area contributed by atoms with Gasteiger partial charge in [-0.25, -0.2) is 0 Å². The molecule has 1 N–H and O–H groups in total. The number of hydrogen-bond donors (Lipinski definition) is 1. The quantitative estimate of drug-likeness (QED) is 0.247. The SMILES string of the molecule is CCCCCCCCC(CCCCCC)COC(=O)CSCC(=O)O. The lowest BCUT2D eigenvalue weighted by Crippen LogP contribution is -2.16. The first-order chi connectivity index (χ1) is 12.1. The molecule has 0 aromatic heterocycles. The van der Waals surface area contributed by atoms with Crippen molar-refractivity contribution >= 4 is 23.7 Å². The van der Waals surface area contributed by atoms with Gasteiger partial charge in [0.25, 0.3) is 0 Å². The van der Waals surface area contributed by atoms with Crippen LogP contribution in [0.2, 0.25) is 0 Å². The molecule has 0 radical (unpaired) electrons. The fourth-order valence-electron chi connectivity index (χ4n) is 2.86. The maximum Gasteiger partial charge on any atom is 0.315 e. The van der Waals surface area contributed by atoms with Crippen LogP contribution in [0.25, 0.3) is 0 Å². The Balaban J connectivity index is 3.97. The number of hydrogen-bond acceptors (Lipinski definition) is 4. The van der Waals surface area contributed by atoms with E-state index < -0.39 is 5.97 Å². The lowest BCUT2D eigenvalue weighted by atomic mass is 9.95. The highest BCUT2D eigenvalue weighted by Crippen LogP contribution is 2.19. The van der Waals surface area contributed by atoms with Gasteiger partial charge in [-0.2, -0.15) is 0 Å². The highest BCUT2D eigenvalue weighted by Gasteiger charge is 2.12. The Kier molecular flexibility index (Phi) is 17.6. The van der Waals surface area contributed by atoms with E-state index in [1.807, 2.05) is 0 Å². The number of aliphatic carboxylic acids is 1. The van der Waals surface area contributed by atoms with Crippen molar-refractivity contribution < 1.29 is 19.4 Å². The van der Waals surface area contributed by atoms with Crippen molar-refractivity contribution in [2.24, 2.45) is 5.92 Å². The Hall–Kier alpha value is -0.710. The number of carboxylic acid groups (broad SMARTS) is 1. The summed E-state index contributed by atoms with van der Waals surface area (Å²) in [5.41, 5.74) is 0. The molecule has 0 amide bonds. The van der Waals surface area contributed by atoms with Crippen molar-refractivity contribution in [2.45, 2.75) is 90.9 Å². The lowest BCUT2D eigenvalue weighted by Gasteiger charge is -2.17. The molecular formula is C20H38O4S. The molecule has 0 spiro atoms. The Labute approximate surface area is 158 Å². The van der Waals surface area contributed by atoms with Crippen molar-refractivity contribution in [3.8, 4) is 0 Å². The molecular weight excluding hydrogens is 336 g/mol. The van der Waals surface area contributed by atoms with E-state index in [1.54, 1.807) is 0 Å². The van der Waals surface area contributed by atoms with Crippen LogP contribution in [-0.4, -0.2) is 35.2 Å². The number of thioether (sulfide) groups is 1. The molecule has 0 aromatic rings. The Morgan fingerprint density at radius 3 is 1.92 bits per heavy atom. The third kappa shape index (κ3) is 17.9. The average Bonchev–Trinajstić information content (AvgIpc) is 2.58. The minimum absolute atomic E-state index is 0.0483. The molecule has 0 aliphatic carbocycles. The predicted octanol–water partition coefficient (Wildman–Crippen LogP) is 5.68. The first-order valence-corrected chi connectivity index (χ1v) is 11.2. The summed E-state index contributed by atoms with van der Waals surface area (Å²) in [7, 11) is 0. The van der Waals surface area contributed by atoms with Gasteiger partial charge in [-0.05, 0) is 18.8 Å². The topological polar surface area (TPSA) is 63.6 Å². The third-order valence-corrected chi connectivity index (χ3v) is 5.25. The summed E-state index contributed by atoms with van der Waals surface area (Å²) in [6.45, 7) is 4.94. The van der Waals surface area contributed by atoms with E-state index in [4.69, 9.17) is 9.84 Å². The summed E-state index contributed by atoms with van der Waals surface area (Å²) in [4.78, 5) is 22.2. The molecule has 0 saturated heterocycles. The van der Waals surface area contributed by atoms with E-state index in [-0.39, 0.29) is 17.5 Å². The largest absolute Gasteiger partial charge is 0.481 e. The average molecular weight is 375 g/mol. The molecule has 0 bridgehead atoms. The summed E-state index contributed by atoms with van der Waals surface area (Å²) >= 11 is 1.10. The van der Waals surface area contributed by atoms with Crippen LogP contribution in [0.4, 0.5) is 0 Å². The van der Waals surface area contributed by atoms with Crippen molar-refractivity contribution in [2.75, 3.05) is 18.1 Å². The van der Waals surface area contributed by atoms with Gasteiger partial charge in [-0.15, -0.1) is 11.8 Å². The number of rotatable bonds is 18. The smallest absolute Gasteiger partial charge is 0.315 e. The van der Waals surface area contributed by atoms with Gasteiger partial charge >= 0.3 is 11.9 Å². The zero-order valence-corrected chi connectivity index (χ0v) is 17.1. The first kappa shape index (κ1) is 24.3. The number of esters is 1. The normalized spacial score (nSPS) is 12.1. The monoisotopic (exact) mass is 374 g/mol. The van der Waals surface area contributed by atoms with Gasteiger partial charge in [-0.1, -0.05) is 78.1 Å². The van der Waals surface area contributed by atoms with Crippen LogP contribution in [0.3, 0.4) is 0 Å². The highest BCUT2D eigenvalue weighted by molar-refractivity contribution is 8.00. The van der Waals surface area contributed by atoms with Crippen molar-refractivity contribution in [1.29, 1.82) is 0 Å². The molecule has 1 atom stereocenters. The van der Waals surface area contributed by atoms with Crippen LogP contribution in [0.5, 0.6) is 0 Å². The van der Waals surface area contributed by atoms with E-state index in [9.17, 15) is 9.59 Å². The number of ether oxygens (including phenoxy) is 1. The Morgan fingerprint density at radius 1 is 0.840 bits per heavy atom. The van der Waals surface area contributed by atoms with Gasteiger partial charge in [0.05, 0.1) is 18.1 Å². The van der Waals surface area contributed by atoms with E-state index in [1.165, 1.54) is 64.2 Å².